The van der Waals surface area contributed by atoms with Gasteiger partial charge in [0.05, 0.1) is 0 Å². The Hall–Kier alpha value is -0.710. The van der Waals surface area contributed by atoms with Gasteiger partial charge < -0.3 is 4.74 Å². The van der Waals surface area contributed by atoms with Gasteiger partial charge in [0, 0.05) is 6.54 Å². The van der Waals surface area contributed by atoms with E-state index in [9.17, 15) is 13.2 Å². The quantitative estimate of drug-likeness (QED) is 0.604. The second kappa shape index (κ2) is 2.49. The molecular weight excluding hydrogens is 147 g/mol. The van der Waals surface area contributed by atoms with Crippen LogP contribution in [0.1, 0.15) is 0 Å². The summed E-state index contributed by atoms with van der Waals surface area (Å²) in [6, 6.07) is 0. The van der Waals surface area contributed by atoms with Gasteiger partial charge in [0.2, 0.25) is 0 Å². The first-order valence-corrected chi connectivity index (χ1v) is 2.53. The molecule has 0 fully saturated rings. The number of halogens is 3. The van der Waals surface area contributed by atoms with Gasteiger partial charge in [-0.05, 0) is 6.08 Å². The fourth-order valence-corrected chi connectivity index (χ4v) is 0.525. The predicted octanol–water partition coefficient (Wildman–Crippen LogP) is 1.05. The molecule has 0 amide bonds. The van der Waals surface area contributed by atoms with E-state index < -0.39 is 6.36 Å². The zero-order chi connectivity index (χ0) is 7.61. The lowest BCUT2D eigenvalue weighted by molar-refractivity contribution is -0.304. The van der Waals surface area contributed by atoms with Crippen molar-refractivity contribution >= 4 is 0 Å². The van der Waals surface area contributed by atoms with Crippen LogP contribution >= 0.6 is 0 Å². The maximum absolute atomic E-state index is 11.4. The van der Waals surface area contributed by atoms with Crippen molar-refractivity contribution in [2.45, 2.75) is 6.36 Å². The van der Waals surface area contributed by atoms with Crippen molar-refractivity contribution < 1.29 is 17.9 Å². The average Bonchev–Trinajstić information content (AvgIpc) is 2.12. The van der Waals surface area contributed by atoms with Crippen molar-refractivity contribution in [2.24, 2.45) is 0 Å². The molecule has 0 aromatic heterocycles. The summed E-state index contributed by atoms with van der Waals surface area (Å²) >= 11 is 0. The molecule has 1 heterocycles. The van der Waals surface area contributed by atoms with E-state index in [0.717, 1.165) is 0 Å². The van der Waals surface area contributed by atoms with Crippen LogP contribution in [0, 0.1) is 6.54 Å². The van der Waals surface area contributed by atoms with Gasteiger partial charge in [-0.1, -0.05) is 0 Å². The second-order valence-electron chi connectivity index (χ2n) is 1.62. The first-order valence-electron chi connectivity index (χ1n) is 2.53. The van der Waals surface area contributed by atoms with Gasteiger partial charge >= 0.3 is 6.36 Å². The topological polar surface area (TPSA) is 21.3 Å². The standard InChI is InChI=1S/C5H4F3NO/c6-5(7,8)10-4-1-2-9-3-4/h1,9H,2H2. The highest BCUT2D eigenvalue weighted by molar-refractivity contribution is 5.11. The van der Waals surface area contributed by atoms with E-state index in [-0.39, 0.29) is 5.76 Å². The number of ether oxygens (including phenoxy) is 1. The lowest BCUT2D eigenvalue weighted by atomic mass is 10.5. The lowest BCUT2D eigenvalue weighted by Crippen LogP contribution is -2.13. The molecule has 0 spiro atoms. The fourth-order valence-electron chi connectivity index (χ4n) is 0.525. The first-order chi connectivity index (χ1) is 4.58. The molecule has 0 atom stereocenters. The molecule has 2 nitrogen and oxygen atoms in total. The molecule has 56 valence electrons. The molecule has 0 unspecified atom stereocenters. The molecule has 1 N–H and O–H groups in total. The normalized spacial score (nSPS) is 18.9. The number of rotatable bonds is 1. The predicted molar refractivity (Wildman–Crippen MR) is 26.5 cm³/mol. The first kappa shape index (κ1) is 7.40. The molecule has 0 aromatic rings. The van der Waals surface area contributed by atoms with Crippen molar-refractivity contribution in [2.75, 3.05) is 6.54 Å². The van der Waals surface area contributed by atoms with Gasteiger partial charge in [0.25, 0.3) is 0 Å². The molecule has 1 aliphatic rings. The zero-order valence-corrected chi connectivity index (χ0v) is 4.83. The van der Waals surface area contributed by atoms with E-state index in [1.807, 2.05) is 0 Å². The van der Waals surface area contributed by atoms with E-state index in [4.69, 9.17) is 0 Å². The summed E-state index contributed by atoms with van der Waals surface area (Å²) in [4.78, 5) is 0. The number of alkyl halides is 3. The summed E-state index contributed by atoms with van der Waals surface area (Å²) < 4.78 is 37.6. The Morgan fingerprint density at radius 3 is 2.70 bits per heavy atom. The van der Waals surface area contributed by atoms with Crippen LogP contribution in [-0.2, 0) is 4.74 Å². The van der Waals surface area contributed by atoms with Crippen LogP contribution in [0.25, 0.3) is 0 Å². The van der Waals surface area contributed by atoms with Crippen LogP contribution in [0.3, 0.4) is 0 Å². The lowest BCUT2D eigenvalue weighted by Gasteiger charge is -2.07. The van der Waals surface area contributed by atoms with Crippen LogP contribution in [0.2, 0.25) is 0 Å². The summed E-state index contributed by atoms with van der Waals surface area (Å²) in [5.74, 6) is -0.299. The van der Waals surface area contributed by atoms with Crippen LogP contribution < -0.4 is 5.32 Å². The van der Waals surface area contributed by atoms with Crippen LogP contribution in [0.4, 0.5) is 13.2 Å². The molecule has 0 saturated carbocycles. The maximum Gasteiger partial charge on any atom is 0.572 e. The van der Waals surface area contributed by atoms with Crippen LogP contribution in [-0.4, -0.2) is 12.9 Å². The average molecular weight is 151 g/mol. The minimum absolute atomic E-state index is 0.299. The van der Waals surface area contributed by atoms with Gasteiger partial charge in [0.15, 0.2) is 0 Å². The largest absolute Gasteiger partial charge is 0.572 e. The highest BCUT2D eigenvalue weighted by Crippen LogP contribution is 2.22. The Kier molecular flexibility index (Phi) is 1.85. The van der Waals surface area contributed by atoms with Gasteiger partial charge in [-0.3, -0.25) is 5.32 Å². The molecule has 0 saturated heterocycles. The van der Waals surface area contributed by atoms with Crippen LogP contribution in [0.15, 0.2) is 11.8 Å². The zero-order valence-electron chi connectivity index (χ0n) is 4.83. The Labute approximate surface area is 55.7 Å². The third-order valence-corrected chi connectivity index (χ3v) is 0.827. The summed E-state index contributed by atoms with van der Waals surface area (Å²) in [5, 5.41) is 2.43. The van der Waals surface area contributed by atoms with E-state index in [2.05, 4.69) is 16.6 Å². The molecule has 10 heavy (non-hydrogen) atoms. The molecule has 0 bridgehead atoms. The van der Waals surface area contributed by atoms with E-state index in [1.54, 1.807) is 0 Å². The van der Waals surface area contributed by atoms with E-state index in [1.165, 1.54) is 6.08 Å². The van der Waals surface area contributed by atoms with Crippen molar-refractivity contribution in [3.05, 3.63) is 18.4 Å². The Morgan fingerprint density at radius 2 is 2.30 bits per heavy atom. The Balaban J connectivity index is 2.38. The van der Waals surface area contributed by atoms with Crippen molar-refractivity contribution in [1.82, 2.24) is 5.32 Å². The molecule has 1 aliphatic heterocycles. The van der Waals surface area contributed by atoms with E-state index >= 15 is 0 Å². The van der Waals surface area contributed by atoms with Crippen molar-refractivity contribution in [3.8, 4) is 0 Å². The maximum atomic E-state index is 11.4. The third kappa shape index (κ3) is 2.26. The highest BCUT2D eigenvalue weighted by Gasteiger charge is 2.32. The van der Waals surface area contributed by atoms with Gasteiger partial charge in [0.1, 0.15) is 12.3 Å². The molecular formula is C5H4F3NO. The fraction of sp³-hybridized carbons (Fsp3) is 0.400. The van der Waals surface area contributed by atoms with Gasteiger partial charge in [-0.15, -0.1) is 13.2 Å². The monoisotopic (exact) mass is 151 g/mol. The molecule has 2 radical (unpaired) electrons. The number of hydrogen-bond donors (Lipinski definition) is 1. The highest BCUT2D eigenvalue weighted by atomic mass is 19.4. The minimum atomic E-state index is -4.61. The van der Waals surface area contributed by atoms with E-state index in [0.29, 0.717) is 6.54 Å². The molecule has 5 heteroatoms. The van der Waals surface area contributed by atoms with Gasteiger partial charge in [-0.2, -0.15) is 0 Å². The van der Waals surface area contributed by atoms with Crippen molar-refractivity contribution in [3.63, 3.8) is 0 Å². The summed E-state index contributed by atoms with van der Waals surface area (Å²) in [5.41, 5.74) is 0. The minimum Gasteiger partial charge on any atom is -0.408 e. The molecule has 1 rings (SSSR count). The second-order valence-corrected chi connectivity index (χ2v) is 1.62. The summed E-state index contributed by atoms with van der Waals surface area (Å²) in [7, 11) is 0. The van der Waals surface area contributed by atoms with Crippen molar-refractivity contribution in [1.29, 1.82) is 0 Å². The smallest absolute Gasteiger partial charge is 0.408 e. The molecule has 0 aliphatic carbocycles. The third-order valence-electron chi connectivity index (χ3n) is 0.827. The summed E-state index contributed by atoms with van der Waals surface area (Å²) in [6.45, 7) is 2.52. The Bertz CT molecular complexity index is 151. The van der Waals surface area contributed by atoms with Crippen LogP contribution in [0.5, 0.6) is 0 Å². The SMILES string of the molecule is FC(F)(F)OC1=CCN[C]1. The number of hydrogen-bond acceptors (Lipinski definition) is 2. The number of nitrogens with one attached hydrogen (secondary N) is 1. The van der Waals surface area contributed by atoms with Gasteiger partial charge in [-0.25, -0.2) is 0 Å². The molecule has 0 aromatic carbocycles. The Morgan fingerprint density at radius 1 is 1.60 bits per heavy atom. The summed E-state index contributed by atoms with van der Waals surface area (Å²) in [6.07, 6.45) is -3.35.